The lowest BCUT2D eigenvalue weighted by Crippen LogP contribution is -2.60. The maximum absolute atomic E-state index is 12.1. The van der Waals surface area contributed by atoms with Crippen molar-refractivity contribution in [1.29, 1.82) is 0 Å². The Morgan fingerprint density at radius 1 is 0.633 bits per heavy atom. The van der Waals surface area contributed by atoms with Crippen molar-refractivity contribution in [2.75, 3.05) is 14.1 Å². The van der Waals surface area contributed by atoms with Gasteiger partial charge in [0.25, 0.3) is 0 Å². The van der Waals surface area contributed by atoms with E-state index in [-0.39, 0.29) is 34.4 Å². The molecule has 0 unspecified atom stereocenters. The minimum atomic E-state index is -0.850. The van der Waals surface area contributed by atoms with Crippen molar-refractivity contribution in [2.24, 2.45) is 10.2 Å². The molecule has 2 fully saturated rings. The van der Waals surface area contributed by atoms with Gasteiger partial charge < -0.3 is 9.47 Å². The first-order valence-corrected chi connectivity index (χ1v) is 10.8. The van der Waals surface area contributed by atoms with E-state index in [1.807, 2.05) is 0 Å². The Kier molecular flexibility index (Phi) is 6.75. The number of ether oxygens (including phenoxy) is 2. The molecule has 0 N–H and O–H groups in total. The number of hydrogen-bond donors (Lipinski definition) is 0. The summed E-state index contributed by atoms with van der Waals surface area (Å²) in [5.74, 6) is 0. The van der Waals surface area contributed by atoms with Crippen molar-refractivity contribution in [2.45, 2.75) is 115 Å². The topological polar surface area (TPSA) is 83.8 Å². The Morgan fingerprint density at radius 3 is 1.10 bits per heavy atom. The summed E-state index contributed by atoms with van der Waals surface area (Å²) in [6, 6.07) is 0. The average Bonchev–Trinajstić information content (AvgIpc) is 2.54. The zero-order valence-corrected chi connectivity index (χ0v) is 20.4. The molecule has 0 aromatic carbocycles. The van der Waals surface area contributed by atoms with Crippen LogP contribution in [0.25, 0.3) is 0 Å². The first kappa shape index (κ1) is 24.7. The van der Waals surface area contributed by atoms with Crippen LogP contribution in [0.5, 0.6) is 0 Å². The first-order chi connectivity index (χ1) is 13.5. The van der Waals surface area contributed by atoms with E-state index in [1.54, 1.807) is 0 Å². The van der Waals surface area contributed by atoms with Crippen LogP contribution in [0.2, 0.25) is 0 Å². The summed E-state index contributed by atoms with van der Waals surface area (Å²) in [4.78, 5) is 28.9. The molecule has 2 saturated heterocycles. The molecule has 8 heteroatoms. The van der Waals surface area contributed by atoms with Gasteiger partial charge in [-0.2, -0.15) is 0 Å². The molecule has 2 aliphatic rings. The van der Waals surface area contributed by atoms with Crippen LogP contribution in [0, 0.1) is 0 Å². The molecular formula is C22H40N4O4. The third-order valence-electron chi connectivity index (χ3n) is 7.29. The summed E-state index contributed by atoms with van der Waals surface area (Å²) in [5, 5.41) is 6.90. The lowest BCUT2D eigenvalue weighted by molar-refractivity contribution is -0.0688. The number of rotatable bonds is 2. The monoisotopic (exact) mass is 424 g/mol. The summed E-state index contributed by atoms with van der Waals surface area (Å²) in [6.07, 6.45) is 0.524. The molecule has 0 aliphatic carbocycles. The van der Waals surface area contributed by atoms with Crippen LogP contribution < -0.4 is 0 Å². The predicted octanol–water partition coefficient (Wildman–Crippen LogP) is 5.01. The van der Waals surface area contributed by atoms with Gasteiger partial charge in [0.2, 0.25) is 0 Å². The number of nitrogens with zero attached hydrogens (tertiary/aromatic N) is 4. The van der Waals surface area contributed by atoms with Gasteiger partial charge in [0.1, 0.15) is 12.2 Å². The standard InChI is InChI=1S/C22H40N4O4/c1-19(2)11-15(12-20(3,4)25(19)9)29-17(27)23-24-18(28)30-16-13-21(5,6)26(10)22(7,8)14-16/h15-16H,11-14H2,1-10H3. The van der Waals surface area contributed by atoms with Gasteiger partial charge in [-0.05, 0) is 69.5 Å². The second-order valence-electron chi connectivity index (χ2n) is 11.4. The van der Waals surface area contributed by atoms with Gasteiger partial charge in [0.15, 0.2) is 0 Å². The Hall–Kier alpha value is -1.54. The third kappa shape index (κ3) is 5.58. The lowest BCUT2D eigenvalue weighted by Gasteiger charge is -2.53. The van der Waals surface area contributed by atoms with E-state index in [2.05, 4.69) is 89.5 Å². The van der Waals surface area contributed by atoms with Gasteiger partial charge in [-0.1, -0.05) is 10.2 Å². The summed E-state index contributed by atoms with van der Waals surface area (Å²) < 4.78 is 11.0. The fourth-order valence-electron chi connectivity index (χ4n) is 5.14. The molecule has 172 valence electrons. The summed E-state index contributed by atoms with van der Waals surface area (Å²) in [5.41, 5.74) is -0.458. The summed E-state index contributed by atoms with van der Waals surface area (Å²) in [6.45, 7) is 17.0. The Labute approximate surface area is 181 Å². The number of likely N-dealkylation sites (tertiary alicyclic amines) is 2. The lowest BCUT2D eigenvalue weighted by atomic mass is 9.79. The quantitative estimate of drug-likeness (QED) is 0.579. The zero-order chi connectivity index (χ0) is 23.1. The fourth-order valence-corrected chi connectivity index (χ4v) is 5.14. The van der Waals surface area contributed by atoms with Crippen molar-refractivity contribution < 1.29 is 19.1 Å². The van der Waals surface area contributed by atoms with Crippen LogP contribution in [0.3, 0.4) is 0 Å². The van der Waals surface area contributed by atoms with E-state index in [0.717, 1.165) is 0 Å². The largest absolute Gasteiger partial charge is 0.452 e. The molecule has 2 heterocycles. The smallest absolute Gasteiger partial charge is 0.443 e. The normalized spacial score (nSPS) is 27.1. The highest BCUT2D eigenvalue weighted by molar-refractivity contribution is 5.73. The summed E-state index contributed by atoms with van der Waals surface area (Å²) in [7, 11) is 4.17. The van der Waals surface area contributed by atoms with Crippen molar-refractivity contribution >= 4 is 12.2 Å². The number of amides is 2. The highest BCUT2D eigenvalue weighted by Gasteiger charge is 2.45. The number of azo groups is 1. The number of hydrogen-bond acceptors (Lipinski definition) is 6. The zero-order valence-electron chi connectivity index (χ0n) is 20.4. The highest BCUT2D eigenvalue weighted by atomic mass is 16.6. The van der Waals surface area contributed by atoms with Crippen LogP contribution >= 0.6 is 0 Å². The molecule has 0 radical (unpaired) electrons. The molecule has 8 nitrogen and oxygen atoms in total. The van der Waals surface area contributed by atoms with Gasteiger partial charge >= 0.3 is 12.2 Å². The minimum Gasteiger partial charge on any atom is -0.443 e. The predicted molar refractivity (Wildman–Crippen MR) is 116 cm³/mol. The molecule has 0 aromatic rings. The fraction of sp³-hybridized carbons (Fsp3) is 0.909. The summed E-state index contributed by atoms with van der Waals surface area (Å²) >= 11 is 0. The molecule has 0 atom stereocenters. The minimum absolute atomic E-state index is 0.115. The average molecular weight is 425 g/mol. The van der Waals surface area contributed by atoms with Gasteiger partial charge in [-0.15, -0.1) is 0 Å². The molecule has 2 aliphatic heterocycles. The van der Waals surface area contributed by atoms with E-state index in [0.29, 0.717) is 25.7 Å². The van der Waals surface area contributed by atoms with Crippen LogP contribution in [0.4, 0.5) is 9.59 Å². The van der Waals surface area contributed by atoms with Gasteiger partial charge in [-0.3, -0.25) is 9.80 Å². The highest BCUT2D eigenvalue weighted by Crippen LogP contribution is 2.39. The molecule has 0 saturated carbocycles. The van der Waals surface area contributed by atoms with Crippen molar-refractivity contribution in [3.8, 4) is 0 Å². The first-order valence-electron chi connectivity index (χ1n) is 10.8. The van der Waals surface area contributed by atoms with Crippen LogP contribution in [0.1, 0.15) is 81.1 Å². The Morgan fingerprint density at radius 2 is 0.867 bits per heavy atom. The molecule has 0 bridgehead atoms. The van der Waals surface area contributed by atoms with E-state index in [9.17, 15) is 9.59 Å². The van der Waals surface area contributed by atoms with Gasteiger partial charge in [0, 0.05) is 47.8 Å². The second-order valence-corrected chi connectivity index (χ2v) is 11.4. The Bertz CT molecular complexity index is 605. The SMILES string of the molecule is CN1C(C)(C)CC(OC(=O)N=NC(=O)OC2CC(C)(C)N(C)C(C)(C)C2)CC1(C)C. The Balaban J connectivity index is 1.92. The van der Waals surface area contributed by atoms with Gasteiger partial charge in [0.05, 0.1) is 0 Å². The van der Waals surface area contributed by atoms with E-state index in [4.69, 9.17) is 9.47 Å². The van der Waals surface area contributed by atoms with Crippen LogP contribution in [0.15, 0.2) is 10.2 Å². The molecule has 2 amide bonds. The van der Waals surface area contributed by atoms with Crippen molar-refractivity contribution in [1.82, 2.24) is 9.80 Å². The second kappa shape index (κ2) is 8.19. The third-order valence-corrected chi connectivity index (χ3v) is 7.29. The van der Waals surface area contributed by atoms with E-state index >= 15 is 0 Å². The molecule has 2 rings (SSSR count). The van der Waals surface area contributed by atoms with E-state index in [1.165, 1.54) is 0 Å². The molecule has 30 heavy (non-hydrogen) atoms. The number of piperidine rings is 2. The molecular weight excluding hydrogens is 384 g/mol. The van der Waals surface area contributed by atoms with Crippen LogP contribution in [-0.2, 0) is 9.47 Å². The molecule has 0 spiro atoms. The number of carbonyl (C=O) groups is 2. The van der Waals surface area contributed by atoms with Crippen LogP contribution in [-0.4, -0.2) is 70.4 Å². The van der Waals surface area contributed by atoms with Crippen molar-refractivity contribution in [3.63, 3.8) is 0 Å². The maximum Gasteiger partial charge on any atom is 0.452 e. The van der Waals surface area contributed by atoms with E-state index < -0.39 is 12.2 Å². The number of carbonyl (C=O) groups excluding carboxylic acids is 2. The maximum atomic E-state index is 12.1. The van der Waals surface area contributed by atoms with Crippen molar-refractivity contribution in [3.05, 3.63) is 0 Å². The van der Waals surface area contributed by atoms with Gasteiger partial charge in [-0.25, -0.2) is 9.59 Å². The molecule has 0 aromatic heterocycles.